The minimum absolute atomic E-state index is 0.235. The molecular weight excluding hydrogens is 210 g/mol. The predicted octanol–water partition coefficient (Wildman–Crippen LogP) is 0.348. The van der Waals surface area contributed by atoms with E-state index in [2.05, 4.69) is 4.98 Å². The van der Waals surface area contributed by atoms with Gasteiger partial charge in [-0.1, -0.05) is 0 Å². The van der Waals surface area contributed by atoms with Gasteiger partial charge in [0.15, 0.2) is 0 Å². The van der Waals surface area contributed by atoms with Crippen LogP contribution in [0.15, 0.2) is 11.0 Å². The van der Waals surface area contributed by atoms with Gasteiger partial charge < -0.3 is 9.67 Å². The van der Waals surface area contributed by atoms with Crippen molar-refractivity contribution in [1.29, 1.82) is 0 Å². The third kappa shape index (κ3) is 1.23. The number of fused-ring (bicyclic) bond motifs is 1. The van der Waals surface area contributed by atoms with Crippen LogP contribution in [-0.4, -0.2) is 25.0 Å². The quantitative estimate of drug-likeness (QED) is 0.753. The number of imidazole rings is 1. The van der Waals surface area contributed by atoms with Crippen molar-refractivity contribution in [2.45, 2.75) is 13.8 Å². The van der Waals surface area contributed by atoms with Crippen molar-refractivity contribution in [3.8, 4) is 0 Å². The number of aromatic nitrogens is 3. The zero-order valence-corrected chi connectivity index (χ0v) is 9.18. The van der Waals surface area contributed by atoms with Gasteiger partial charge in [-0.05, 0) is 13.8 Å². The van der Waals surface area contributed by atoms with E-state index in [0.29, 0.717) is 5.78 Å². The molecule has 6 heteroatoms. The number of rotatable bonds is 1. The first-order valence-electron chi connectivity index (χ1n) is 4.72. The molecule has 0 atom stereocenters. The SMILES string of the molecule is Cc1nc2n(C)c(C)cn2c(=O)c1C(=O)O. The number of hydrogen-bond acceptors (Lipinski definition) is 3. The van der Waals surface area contributed by atoms with Crippen LogP contribution in [-0.2, 0) is 7.05 Å². The van der Waals surface area contributed by atoms with Gasteiger partial charge in [-0.25, -0.2) is 9.78 Å². The molecule has 0 unspecified atom stereocenters. The van der Waals surface area contributed by atoms with Gasteiger partial charge in [0.25, 0.3) is 5.56 Å². The fourth-order valence-corrected chi connectivity index (χ4v) is 1.66. The Morgan fingerprint density at radius 1 is 1.44 bits per heavy atom. The summed E-state index contributed by atoms with van der Waals surface area (Å²) in [6.07, 6.45) is 1.58. The third-order valence-electron chi connectivity index (χ3n) is 2.64. The summed E-state index contributed by atoms with van der Waals surface area (Å²) < 4.78 is 2.99. The molecule has 2 aromatic heterocycles. The molecule has 2 aromatic rings. The number of carboxylic acid groups (broad SMARTS) is 1. The Balaban J connectivity index is 3.01. The number of aryl methyl sites for hydroxylation is 3. The van der Waals surface area contributed by atoms with E-state index in [4.69, 9.17) is 5.11 Å². The predicted molar refractivity (Wildman–Crippen MR) is 56.9 cm³/mol. The lowest BCUT2D eigenvalue weighted by atomic mass is 10.2. The minimum atomic E-state index is -1.24. The average molecular weight is 221 g/mol. The van der Waals surface area contributed by atoms with Gasteiger partial charge in [0.1, 0.15) is 5.56 Å². The molecule has 0 spiro atoms. The molecule has 0 saturated carbocycles. The van der Waals surface area contributed by atoms with E-state index < -0.39 is 11.5 Å². The Morgan fingerprint density at radius 2 is 2.06 bits per heavy atom. The second-order valence-corrected chi connectivity index (χ2v) is 3.68. The Kier molecular flexibility index (Phi) is 2.08. The fourth-order valence-electron chi connectivity index (χ4n) is 1.66. The van der Waals surface area contributed by atoms with Crippen LogP contribution < -0.4 is 5.56 Å². The molecular formula is C10H11N3O3. The Bertz CT molecular complexity index is 651. The third-order valence-corrected chi connectivity index (χ3v) is 2.64. The molecule has 0 saturated heterocycles. The topological polar surface area (TPSA) is 76.6 Å². The lowest BCUT2D eigenvalue weighted by Gasteiger charge is -2.02. The lowest BCUT2D eigenvalue weighted by Crippen LogP contribution is -2.24. The summed E-state index contributed by atoms with van der Waals surface area (Å²) in [4.78, 5) is 26.9. The highest BCUT2D eigenvalue weighted by atomic mass is 16.4. The Labute approximate surface area is 90.8 Å². The van der Waals surface area contributed by atoms with E-state index >= 15 is 0 Å². The lowest BCUT2D eigenvalue weighted by molar-refractivity contribution is 0.0693. The number of hydrogen-bond donors (Lipinski definition) is 1. The summed E-state index contributed by atoms with van der Waals surface area (Å²) in [6, 6.07) is 0. The first-order valence-corrected chi connectivity index (χ1v) is 4.72. The first kappa shape index (κ1) is 10.4. The van der Waals surface area contributed by atoms with Crippen LogP contribution in [0.2, 0.25) is 0 Å². The minimum Gasteiger partial charge on any atom is -0.477 e. The van der Waals surface area contributed by atoms with Crippen LogP contribution in [0.4, 0.5) is 0 Å². The van der Waals surface area contributed by atoms with Crippen molar-refractivity contribution in [3.63, 3.8) is 0 Å². The largest absolute Gasteiger partial charge is 0.477 e. The molecule has 0 aliphatic heterocycles. The van der Waals surface area contributed by atoms with Crippen molar-refractivity contribution in [3.05, 3.63) is 33.5 Å². The van der Waals surface area contributed by atoms with Crippen LogP contribution in [0.25, 0.3) is 5.78 Å². The van der Waals surface area contributed by atoms with Crippen molar-refractivity contribution >= 4 is 11.7 Å². The molecule has 0 amide bonds. The normalized spacial score (nSPS) is 10.9. The van der Waals surface area contributed by atoms with E-state index in [1.165, 1.54) is 11.3 Å². The highest BCUT2D eigenvalue weighted by molar-refractivity contribution is 5.88. The maximum atomic E-state index is 11.9. The van der Waals surface area contributed by atoms with Gasteiger partial charge in [0.2, 0.25) is 5.78 Å². The van der Waals surface area contributed by atoms with Crippen LogP contribution in [0.5, 0.6) is 0 Å². The van der Waals surface area contributed by atoms with Crippen molar-refractivity contribution in [2.24, 2.45) is 7.05 Å². The van der Waals surface area contributed by atoms with Crippen LogP contribution in [0, 0.1) is 13.8 Å². The molecule has 0 aliphatic carbocycles. The molecule has 2 rings (SSSR count). The number of nitrogens with zero attached hydrogens (tertiary/aromatic N) is 3. The van der Waals surface area contributed by atoms with Gasteiger partial charge in [-0.15, -0.1) is 0 Å². The molecule has 0 bridgehead atoms. The first-order chi connectivity index (χ1) is 7.43. The second kappa shape index (κ2) is 3.19. The second-order valence-electron chi connectivity index (χ2n) is 3.68. The fraction of sp³-hybridized carbons (Fsp3) is 0.300. The molecule has 84 valence electrons. The molecule has 0 radical (unpaired) electrons. The van der Waals surface area contributed by atoms with Crippen molar-refractivity contribution in [2.75, 3.05) is 0 Å². The summed E-state index contributed by atoms with van der Waals surface area (Å²) in [5.41, 5.74) is 0.257. The van der Waals surface area contributed by atoms with Crippen LogP contribution in [0.3, 0.4) is 0 Å². The van der Waals surface area contributed by atoms with E-state index in [-0.39, 0.29) is 11.3 Å². The molecule has 1 N–H and O–H groups in total. The van der Waals surface area contributed by atoms with Crippen molar-refractivity contribution in [1.82, 2.24) is 14.0 Å². The van der Waals surface area contributed by atoms with Crippen molar-refractivity contribution < 1.29 is 9.90 Å². The maximum absolute atomic E-state index is 11.9. The molecule has 0 aliphatic rings. The van der Waals surface area contributed by atoms with E-state index in [1.54, 1.807) is 17.8 Å². The molecule has 6 nitrogen and oxygen atoms in total. The molecule has 2 heterocycles. The Morgan fingerprint density at radius 3 is 2.62 bits per heavy atom. The summed E-state index contributed by atoms with van der Waals surface area (Å²) in [7, 11) is 1.77. The van der Waals surface area contributed by atoms with E-state index in [1.807, 2.05) is 6.92 Å². The number of aromatic carboxylic acids is 1. The van der Waals surface area contributed by atoms with Crippen LogP contribution >= 0.6 is 0 Å². The Hall–Kier alpha value is -2.11. The monoisotopic (exact) mass is 221 g/mol. The maximum Gasteiger partial charge on any atom is 0.343 e. The van der Waals surface area contributed by atoms with Gasteiger partial charge in [0, 0.05) is 18.9 Å². The zero-order chi connectivity index (χ0) is 12.0. The van der Waals surface area contributed by atoms with Gasteiger partial charge in [-0.2, -0.15) is 0 Å². The highest BCUT2D eigenvalue weighted by Crippen LogP contribution is 2.07. The summed E-state index contributed by atoms with van der Waals surface area (Å²) >= 11 is 0. The van der Waals surface area contributed by atoms with E-state index in [9.17, 15) is 9.59 Å². The average Bonchev–Trinajstić information content (AvgIpc) is 2.45. The number of carbonyl (C=O) groups is 1. The van der Waals surface area contributed by atoms with E-state index in [0.717, 1.165) is 5.69 Å². The van der Waals surface area contributed by atoms with Crippen LogP contribution in [0.1, 0.15) is 21.7 Å². The number of carboxylic acids is 1. The van der Waals surface area contributed by atoms with Gasteiger partial charge in [0.05, 0.1) is 5.69 Å². The van der Waals surface area contributed by atoms with Gasteiger partial charge in [-0.3, -0.25) is 9.20 Å². The molecule has 16 heavy (non-hydrogen) atoms. The standard InChI is InChI=1S/C10H11N3O3/c1-5-4-13-8(14)7(9(15)16)6(2)11-10(13)12(5)3/h4H,1-3H3,(H,15,16). The summed E-state index contributed by atoms with van der Waals surface area (Å²) in [6.45, 7) is 3.34. The zero-order valence-electron chi connectivity index (χ0n) is 9.18. The smallest absolute Gasteiger partial charge is 0.343 e. The summed E-state index contributed by atoms with van der Waals surface area (Å²) in [5, 5.41) is 8.92. The molecule has 0 fully saturated rings. The highest BCUT2D eigenvalue weighted by Gasteiger charge is 2.18. The summed E-state index contributed by atoms with van der Waals surface area (Å²) in [5.74, 6) is -0.795. The van der Waals surface area contributed by atoms with Gasteiger partial charge >= 0.3 is 5.97 Å². The molecule has 0 aromatic carbocycles.